The third-order valence-corrected chi connectivity index (χ3v) is 5.91. The highest BCUT2D eigenvalue weighted by Gasteiger charge is 2.35. The van der Waals surface area contributed by atoms with Gasteiger partial charge in [0.2, 0.25) is 11.8 Å². The fourth-order valence-corrected chi connectivity index (χ4v) is 4.05. The molecule has 3 aliphatic rings. The summed E-state index contributed by atoms with van der Waals surface area (Å²) >= 11 is 0. The molecule has 0 atom stereocenters. The highest BCUT2D eigenvalue weighted by molar-refractivity contribution is 5.85. The smallest absolute Gasteiger partial charge is 0.234 e. The zero-order valence-corrected chi connectivity index (χ0v) is 17.2. The van der Waals surface area contributed by atoms with E-state index in [1.807, 2.05) is 4.90 Å². The summed E-state index contributed by atoms with van der Waals surface area (Å²) in [7, 11) is 0. The van der Waals surface area contributed by atoms with Gasteiger partial charge in [-0.1, -0.05) is 19.3 Å². The van der Waals surface area contributed by atoms with Crippen LogP contribution in [0.3, 0.4) is 0 Å². The van der Waals surface area contributed by atoms with E-state index in [0.717, 1.165) is 51.9 Å². The molecular weight excluding hydrogens is 375 g/mol. The highest BCUT2D eigenvalue weighted by Crippen LogP contribution is 2.38. The lowest BCUT2D eigenvalue weighted by molar-refractivity contribution is -0.136. The van der Waals surface area contributed by atoms with Crippen LogP contribution in [-0.2, 0) is 9.59 Å². The van der Waals surface area contributed by atoms with Gasteiger partial charge in [0.05, 0.1) is 6.54 Å². The molecule has 3 N–H and O–H groups in total. The van der Waals surface area contributed by atoms with Crippen LogP contribution < -0.4 is 11.1 Å². The zero-order chi connectivity index (χ0) is 17.0. The minimum absolute atomic E-state index is 0. The average Bonchev–Trinajstić information content (AvgIpc) is 3.40. The van der Waals surface area contributed by atoms with E-state index in [1.165, 1.54) is 19.3 Å². The minimum Gasteiger partial charge on any atom is -0.352 e. The van der Waals surface area contributed by atoms with Crippen molar-refractivity contribution in [2.24, 2.45) is 11.1 Å². The summed E-state index contributed by atoms with van der Waals surface area (Å²) in [6.45, 7) is 4.14. The average molecular weight is 409 g/mol. The van der Waals surface area contributed by atoms with E-state index >= 15 is 0 Å². The maximum Gasteiger partial charge on any atom is 0.234 e. The molecular formula is C18H34Cl2N4O2. The first-order valence-corrected chi connectivity index (χ1v) is 9.60. The van der Waals surface area contributed by atoms with Crippen LogP contribution in [0.5, 0.6) is 0 Å². The quantitative estimate of drug-likeness (QED) is 0.698. The first-order valence-electron chi connectivity index (χ1n) is 9.60. The number of nitrogens with one attached hydrogen (secondary N) is 1. The van der Waals surface area contributed by atoms with Gasteiger partial charge in [-0.15, -0.1) is 24.8 Å². The monoisotopic (exact) mass is 408 g/mol. The Morgan fingerprint density at radius 2 is 1.62 bits per heavy atom. The fourth-order valence-electron chi connectivity index (χ4n) is 4.05. The summed E-state index contributed by atoms with van der Waals surface area (Å²) in [6, 6.07) is 0.420. The number of hydrogen-bond donors (Lipinski definition) is 2. The number of hydrogen-bond acceptors (Lipinski definition) is 4. The number of carbonyl (C=O) groups is 2. The molecule has 152 valence electrons. The maximum absolute atomic E-state index is 12.7. The topological polar surface area (TPSA) is 78.7 Å². The summed E-state index contributed by atoms with van der Waals surface area (Å²) in [6.07, 6.45) is 8.72. The predicted molar refractivity (Wildman–Crippen MR) is 108 cm³/mol. The van der Waals surface area contributed by atoms with E-state index in [2.05, 4.69) is 10.2 Å². The molecule has 0 spiro atoms. The van der Waals surface area contributed by atoms with Gasteiger partial charge >= 0.3 is 0 Å². The van der Waals surface area contributed by atoms with Crippen molar-refractivity contribution in [2.75, 3.05) is 39.3 Å². The van der Waals surface area contributed by atoms with Gasteiger partial charge in [0, 0.05) is 38.6 Å². The van der Waals surface area contributed by atoms with Gasteiger partial charge in [-0.2, -0.15) is 0 Å². The third-order valence-electron chi connectivity index (χ3n) is 5.91. The largest absolute Gasteiger partial charge is 0.352 e. The van der Waals surface area contributed by atoms with E-state index in [9.17, 15) is 9.59 Å². The Labute approximate surface area is 169 Å². The lowest BCUT2D eigenvalue weighted by Crippen LogP contribution is -2.52. The Morgan fingerprint density at radius 1 is 1.00 bits per heavy atom. The molecule has 0 aromatic carbocycles. The van der Waals surface area contributed by atoms with Crippen LogP contribution in [0.1, 0.15) is 51.4 Å². The van der Waals surface area contributed by atoms with Gasteiger partial charge in [-0.25, -0.2) is 0 Å². The van der Waals surface area contributed by atoms with Crippen LogP contribution in [0.25, 0.3) is 0 Å². The van der Waals surface area contributed by atoms with Crippen molar-refractivity contribution in [3.05, 3.63) is 0 Å². The molecule has 1 saturated heterocycles. The molecule has 3 fully saturated rings. The van der Waals surface area contributed by atoms with Gasteiger partial charge in [0.1, 0.15) is 0 Å². The van der Waals surface area contributed by atoms with E-state index in [4.69, 9.17) is 5.73 Å². The zero-order valence-electron chi connectivity index (χ0n) is 15.6. The van der Waals surface area contributed by atoms with Crippen molar-refractivity contribution in [3.63, 3.8) is 0 Å². The van der Waals surface area contributed by atoms with Crippen LogP contribution in [0.2, 0.25) is 0 Å². The van der Waals surface area contributed by atoms with Gasteiger partial charge < -0.3 is 16.0 Å². The molecule has 26 heavy (non-hydrogen) atoms. The summed E-state index contributed by atoms with van der Waals surface area (Å²) in [5.74, 6) is 0.381. The van der Waals surface area contributed by atoms with Gasteiger partial charge in [-0.3, -0.25) is 14.5 Å². The minimum atomic E-state index is 0. The van der Waals surface area contributed by atoms with Crippen LogP contribution in [0.15, 0.2) is 0 Å². The van der Waals surface area contributed by atoms with E-state index in [1.54, 1.807) is 0 Å². The molecule has 2 aliphatic carbocycles. The standard InChI is InChI=1S/C18H32N4O2.2ClH/c19-14-18(6-2-1-3-7-18)12-17(24)22-10-8-21(9-11-22)13-16(23)20-15-4-5-15;;/h15H,1-14,19H2,(H,20,23);2*1H. The fraction of sp³-hybridized carbons (Fsp3) is 0.889. The molecule has 1 heterocycles. The summed E-state index contributed by atoms with van der Waals surface area (Å²) < 4.78 is 0. The summed E-state index contributed by atoms with van der Waals surface area (Å²) in [4.78, 5) is 28.7. The molecule has 8 heteroatoms. The molecule has 6 nitrogen and oxygen atoms in total. The van der Waals surface area contributed by atoms with Gasteiger partial charge in [0.25, 0.3) is 0 Å². The first-order chi connectivity index (χ1) is 11.6. The van der Waals surface area contributed by atoms with Crippen LogP contribution in [0, 0.1) is 5.41 Å². The number of nitrogens with zero attached hydrogens (tertiary/aromatic N) is 2. The SMILES string of the molecule is Cl.Cl.NCC1(CC(=O)N2CCN(CC(=O)NC3CC3)CC2)CCCCC1. The predicted octanol–water partition coefficient (Wildman–Crippen LogP) is 1.55. The number of rotatable bonds is 6. The van der Waals surface area contributed by atoms with Crippen molar-refractivity contribution < 1.29 is 9.59 Å². The molecule has 2 saturated carbocycles. The van der Waals surface area contributed by atoms with Crippen molar-refractivity contribution in [1.82, 2.24) is 15.1 Å². The van der Waals surface area contributed by atoms with Crippen molar-refractivity contribution >= 4 is 36.6 Å². The van der Waals surface area contributed by atoms with E-state index < -0.39 is 0 Å². The Hall–Kier alpha value is -0.560. The van der Waals surface area contributed by atoms with Crippen molar-refractivity contribution in [3.8, 4) is 0 Å². The summed E-state index contributed by atoms with van der Waals surface area (Å²) in [5, 5.41) is 3.03. The molecule has 3 rings (SSSR count). The number of amides is 2. The molecule has 0 aromatic heterocycles. The van der Waals surface area contributed by atoms with Crippen LogP contribution in [0.4, 0.5) is 0 Å². The molecule has 0 bridgehead atoms. The Balaban J connectivity index is 0.00000169. The molecule has 0 aromatic rings. The van der Waals surface area contributed by atoms with Crippen LogP contribution >= 0.6 is 24.8 Å². The molecule has 0 unspecified atom stereocenters. The normalized spacial score (nSPS) is 22.7. The van der Waals surface area contributed by atoms with Gasteiger partial charge in [-0.05, 0) is 37.6 Å². The molecule has 2 amide bonds. The Morgan fingerprint density at radius 3 is 2.15 bits per heavy atom. The highest BCUT2D eigenvalue weighted by atomic mass is 35.5. The lowest BCUT2D eigenvalue weighted by Gasteiger charge is -2.39. The Bertz CT molecular complexity index is 460. The first kappa shape index (κ1) is 23.5. The number of piperazine rings is 1. The number of nitrogens with two attached hydrogens (primary N) is 1. The number of halogens is 2. The molecule has 0 radical (unpaired) electrons. The maximum atomic E-state index is 12.7. The lowest BCUT2D eigenvalue weighted by atomic mass is 9.71. The van der Waals surface area contributed by atoms with Crippen LogP contribution in [-0.4, -0.2) is 66.9 Å². The third kappa shape index (κ3) is 6.55. The molecule has 1 aliphatic heterocycles. The Kier molecular flexibility index (Phi) is 9.65. The van der Waals surface area contributed by atoms with Crippen molar-refractivity contribution in [1.29, 1.82) is 0 Å². The second-order valence-corrected chi connectivity index (χ2v) is 7.94. The van der Waals surface area contributed by atoms with Gasteiger partial charge in [0.15, 0.2) is 0 Å². The van der Waals surface area contributed by atoms with E-state index in [-0.39, 0.29) is 42.0 Å². The van der Waals surface area contributed by atoms with E-state index in [0.29, 0.717) is 25.6 Å². The second-order valence-electron chi connectivity index (χ2n) is 7.94. The number of carbonyl (C=O) groups excluding carboxylic acids is 2. The summed E-state index contributed by atoms with van der Waals surface area (Å²) in [5.41, 5.74) is 6.05. The van der Waals surface area contributed by atoms with Crippen molar-refractivity contribution in [2.45, 2.75) is 57.4 Å². The second kappa shape index (κ2) is 10.7.